The summed E-state index contributed by atoms with van der Waals surface area (Å²) >= 11 is 0. The highest BCUT2D eigenvalue weighted by Crippen LogP contribution is 2.29. The van der Waals surface area contributed by atoms with Gasteiger partial charge in [-0.1, -0.05) is 12.1 Å². The fourth-order valence-corrected chi connectivity index (χ4v) is 3.64. The quantitative estimate of drug-likeness (QED) is 0.850. The van der Waals surface area contributed by atoms with Crippen molar-refractivity contribution < 1.29 is 8.42 Å². The summed E-state index contributed by atoms with van der Waals surface area (Å²) < 4.78 is 25.4. The van der Waals surface area contributed by atoms with E-state index in [1.54, 1.807) is 11.2 Å². The molecule has 1 fully saturated rings. The number of nitrogen functional groups attached to an aromatic ring is 1. The van der Waals surface area contributed by atoms with Crippen molar-refractivity contribution >= 4 is 15.7 Å². The van der Waals surface area contributed by atoms with E-state index in [9.17, 15) is 8.42 Å². The third kappa shape index (κ3) is 2.84. The summed E-state index contributed by atoms with van der Waals surface area (Å²) in [5.74, 6) is 0.444. The molecule has 2 N–H and O–H groups in total. The molecule has 0 saturated carbocycles. The Kier molecular flexibility index (Phi) is 3.92. The fourth-order valence-electron chi connectivity index (χ4n) is 2.46. The predicted molar refractivity (Wildman–Crippen MR) is 73.9 cm³/mol. The van der Waals surface area contributed by atoms with Crippen molar-refractivity contribution in [2.24, 2.45) is 0 Å². The second kappa shape index (κ2) is 5.28. The summed E-state index contributed by atoms with van der Waals surface area (Å²) in [5, 5.41) is 0. The van der Waals surface area contributed by atoms with Crippen LogP contribution in [0.5, 0.6) is 0 Å². The maximum absolute atomic E-state index is 11.9. The summed E-state index contributed by atoms with van der Waals surface area (Å²) in [6.07, 6.45) is 1.94. The molecule has 1 aliphatic heterocycles. The maximum atomic E-state index is 11.9. The van der Waals surface area contributed by atoms with E-state index in [1.165, 1.54) is 0 Å². The highest BCUT2D eigenvalue weighted by molar-refractivity contribution is 7.89. The smallest absolute Gasteiger partial charge is 0.213 e. The minimum absolute atomic E-state index is 0.177. The molecule has 1 aromatic carbocycles. The van der Waals surface area contributed by atoms with E-state index >= 15 is 0 Å². The second-order valence-corrected chi connectivity index (χ2v) is 7.03. The van der Waals surface area contributed by atoms with Gasteiger partial charge >= 0.3 is 0 Å². The van der Waals surface area contributed by atoms with Gasteiger partial charge in [-0.3, -0.25) is 0 Å². The standard InChI is InChI=1S/C13H20N2O2S/c1-2-18(16,17)15-8-4-6-12(10-15)11-5-3-7-13(14)9-11/h3,5,7,9,12H,2,4,6,8,10,14H2,1H3. The molecule has 0 aliphatic carbocycles. The highest BCUT2D eigenvalue weighted by atomic mass is 32.2. The van der Waals surface area contributed by atoms with Crippen LogP contribution in [0.4, 0.5) is 5.69 Å². The molecule has 0 aromatic heterocycles. The van der Waals surface area contributed by atoms with Crippen molar-refractivity contribution in [3.8, 4) is 0 Å². The number of rotatable bonds is 3. The van der Waals surface area contributed by atoms with Crippen molar-refractivity contribution in [2.45, 2.75) is 25.7 Å². The van der Waals surface area contributed by atoms with Crippen LogP contribution in [0.2, 0.25) is 0 Å². The zero-order chi connectivity index (χ0) is 13.2. The number of nitrogens with two attached hydrogens (primary N) is 1. The fraction of sp³-hybridized carbons (Fsp3) is 0.538. The first-order valence-electron chi connectivity index (χ1n) is 6.36. The molecule has 1 unspecified atom stereocenters. The van der Waals surface area contributed by atoms with Gasteiger partial charge < -0.3 is 5.73 Å². The van der Waals surface area contributed by atoms with Gasteiger partial charge in [0.1, 0.15) is 0 Å². The van der Waals surface area contributed by atoms with E-state index in [1.807, 2.05) is 24.3 Å². The Morgan fingerprint density at radius 1 is 1.44 bits per heavy atom. The van der Waals surface area contributed by atoms with Gasteiger partial charge in [0.15, 0.2) is 0 Å². The van der Waals surface area contributed by atoms with Gasteiger partial charge in [-0.25, -0.2) is 12.7 Å². The normalized spacial score (nSPS) is 21.9. The van der Waals surface area contributed by atoms with E-state index in [0.29, 0.717) is 13.1 Å². The lowest BCUT2D eigenvalue weighted by molar-refractivity contribution is 0.316. The summed E-state index contributed by atoms with van der Waals surface area (Å²) in [7, 11) is -3.07. The molecular formula is C13H20N2O2S. The van der Waals surface area contributed by atoms with Crippen LogP contribution in [0.15, 0.2) is 24.3 Å². The lowest BCUT2D eigenvalue weighted by Gasteiger charge is -2.32. The van der Waals surface area contributed by atoms with Crippen LogP contribution in [0.25, 0.3) is 0 Å². The molecule has 1 aliphatic rings. The summed E-state index contributed by atoms with van der Waals surface area (Å²) in [4.78, 5) is 0. The molecule has 0 spiro atoms. The number of anilines is 1. The molecule has 1 saturated heterocycles. The molecular weight excluding hydrogens is 248 g/mol. The number of piperidine rings is 1. The van der Waals surface area contributed by atoms with E-state index in [2.05, 4.69) is 0 Å². The number of hydrogen-bond donors (Lipinski definition) is 1. The van der Waals surface area contributed by atoms with Gasteiger partial charge in [0.2, 0.25) is 10.0 Å². The lowest BCUT2D eigenvalue weighted by atomic mass is 9.91. The number of benzene rings is 1. The minimum atomic E-state index is -3.07. The van der Waals surface area contributed by atoms with Crippen LogP contribution in [0.1, 0.15) is 31.2 Å². The van der Waals surface area contributed by atoms with E-state index < -0.39 is 10.0 Å². The van der Waals surface area contributed by atoms with Crippen molar-refractivity contribution in [1.82, 2.24) is 4.31 Å². The van der Waals surface area contributed by atoms with Crippen molar-refractivity contribution in [1.29, 1.82) is 0 Å². The Morgan fingerprint density at radius 3 is 2.89 bits per heavy atom. The molecule has 1 atom stereocenters. The third-order valence-corrected chi connectivity index (χ3v) is 5.37. The van der Waals surface area contributed by atoms with E-state index in [0.717, 1.165) is 24.1 Å². The number of sulfonamides is 1. The molecule has 4 nitrogen and oxygen atoms in total. The minimum Gasteiger partial charge on any atom is -0.399 e. The van der Waals surface area contributed by atoms with Gasteiger partial charge in [0, 0.05) is 18.8 Å². The van der Waals surface area contributed by atoms with Gasteiger partial charge in [0.25, 0.3) is 0 Å². The SMILES string of the molecule is CCS(=O)(=O)N1CCCC(c2cccc(N)c2)C1. The van der Waals surface area contributed by atoms with Crippen molar-refractivity contribution in [3.63, 3.8) is 0 Å². The van der Waals surface area contributed by atoms with E-state index in [4.69, 9.17) is 5.73 Å². The van der Waals surface area contributed by atoms with Crippen LogP contribution in [-0.2, 0) is 10.0 Å². The average molecular weight is 268 g/mol. The van der Waals surface area contributed by atoms with Crippen molar-refractivity contribution in [2.75, 3.05) is 24.6 Å². The highest BCUT2D eigenvalue weighted by Gasteiger charge is 2.28. The lowest BCUT2D eigenvalue weighted by Crippen LogP contribution is -2.39. The first-order valence-corrected chi connectivity index (χ1v) is 7.97. The Balaban J connectivity index is 2.17. The third-order valence-electron chi connectivity index (χ3n) is 3.52. The largest absolute Gasteiger partial charge is 0.399 e. The maximum Gasteiger partial charge on any atom is 0.213 e. The molecule has 100 valence electrons. The molecule has 5 heteroatoms. The summed E-state index contributed by atoms with van der Waals surface area (Å²) in [5.41, 5.74) is 7.66. The molecule has 2 rings (SSSR count). The first kappa shape index (κ1) is 13.4. The zero-order valence-electron chi connectivity index (χ0n) is 10.7. The Labute approximate surface area is 109 Å². The van der Waals surface area contributed by atoms with Crippen LogP contribution < -0.4 is 5.73 Å². The van der Waals surface area contributed by atoms with Crippen molar-refractivity contribution in [3.05, 3.63) is 29.8 Å². The number of nitrogens with zero attached hydrogens (tertiary/aromatic N) is 1. The second-order valence-electron chi connectivity index (χ2n) is 4.77. The Hall–Kier alpha value is -1.07. The number of hydrogen-bond acceptors (Lipinski definition) is 3. The summed E-state index contributed by atoms with van der Waals surface area (Å²) in [6.45, 7) is 2.92. The average Bonchev–Trinajstić information content (AvgIpc) is 2.39. The first-order chi connectivity index (χ1) is 8.53. The zero-order valence-corrected chi connectivity index (χ0v) is 11.5. The monoisotopic (exact) mass is 268 g/mol. The molecule has 1 aromatic rings. The molecule has 18 heavy (non-hydrogen) atoms. The molecule has 0 amide bonds. The summed E-state index contributed by atoms with van der Waals surface area (Å²) in [6, 6.07) is 7.76. The molecule has 0 bridgehead atoms. The Morgan fingerprint density at radius 2 is 2.22 bits per heavy atom. The van der Waals surface area contributed by atoms with E-state index in [-0.39, 0.29) is 11.7 Å². The van der Waals surface area contributed by atoms with Crippen LogP contribution in [0.3, 0.4) is 0 Å². The van der Waals surface area contributed by atoms with Crippen LogP contribution in [0, 0.1) is 0 Å². The van der Waals surface area contributed by atoms with Crippen LogP contribution >= 0.6 is 0 Å². The van der Waals surface area contributed by atoms with Crippen LogP contribution in [-0.4, -0.2) is 31.6 Å². The van der Waals surface area contributed by atoms with Gasteiger partial charge in [-0.05, 0) is 43.4 Å². The Bertz CT molecular complexity index is 513. The topological polar surface area (TPSA) is 63.4 Å². The van der Waals surface area contributed by atoms with Gasteiger partial charge in [-0.2, -0.15) is 0 Å². The van der Waals surface area contributed by atoms with Gasteiger partial charge in [-0.15, -0.1) is 0 Å². The molecule has 0 radical (unpaired) electrons. The van der Waals surface area contributed by atoms with Gasteiger partial charge in [0.05, 0.1) is 5.75 Å². The predicted octanol–water partition coefficient (Wildman–Crippen LogP) is 1.80. The molecule has 1 heterocycles.